The van der Waals surface area contributed by atoms with Gasteiger partial charge in [-0.1, -0.05) is 24.3 Å². The number of rotatable bonds is 7. The van der Waals surface area contributed by atoms with E-state index in [1.54, 1.807) is 4.90 Å². The third kappa shape index (κ3) is 4.28. The lowest BCUT2D eigenvalue weighted by atomic mass is 10.2. The number of aliphatic hydroxyl groups is 1. The van der Waals surface area contributed by atoms with E-state index in [4.69, 9.17) is 4.74 Å². The summed E-state index contributed by atoms with van der Waals surface area (Å²) in [7, 11) is 0. The third-order valence-electron chi connectivity index (χ3n) is 4.43. The summed E-state index contributed by atoms with van der Waals surface area (Å²) in [5, 5.41) is 10.3. The maximum atomic E-state index is 13.1. The summed E-state index contributed by atoms with van der Waals surface area (Å²) in [6, 6.07) is 13.2. The van der Waals surface area contributed by atoms with Gasteiger partial charge in [0.2, 0.25) is 0 Å². The highest BCUT2D eigenvalue weighted by Gasteiger charge is 2.23. The van der Waals surface area contributed by atoms with Crippen LogP contribution in [0.25, 0.3) is 5.65 Å². The second kappa shape index (κ2) is 8.22. The van der Waals surface area contributed by atoms with E-state index in [1.807, 2.05) is 73.8 Å². The number of para-hydroxylation sites is 1. The van der Waals surface area contributed by atoms with E-state index in [-0.39, 0.29) is 19.1 Å². The van der Waals surface area contributed by atoms with Crippen molar-refractivity contribution in [1.29, 1.82) is 0 Å². The number of nitrogens with zero attached hydrogens (tertiary/aromatic N) is 3. The van der Waals surface area contributed by atoms with Gasteiger partial charge in [-0.3, -0.25) is 9.20 Å². The minimum atomic E-state index is -0.782. The lowest BCUT2D eigenvalue weighted by molar-refractivity contribution is 0.0509. The molecule has 0 spiro atoms. The standard InChI is InChI=1S/C21H25N3O3/c1-4-23(13-17(25)14-27-18-8-6-5-7-9-18)21(26)20-16(3)22-19-11-10-15(2)12-24(19)20/h5-12,17,25H,4,13-14H2,1-3H3/t17-/m1/s1. The average Bonchev–Trinajstić information content (AvgIpc) is 2.99. The molecule has 1 atom stereocenters. The molecule has 0 aliphatic rings. The molecule has 0 aliphatic heterocycles. The maximum absolute atomic E-state index is 13.1. The zero-order valence-corrected chi connectivity index (χ0v) is 15.9. The third-order valence-corrected chi connectivity index (χ3v) is 4.43. The monoisotopic (exact) mass is 367 g/mol. The van der Waals surface area contributed by atoms with Gasteiger partial charge < -0.3 is 14.7 Å². The fraction of sp³-hybridized carbons (Fsp3) is 0.333. The first-order chi connectivity index (χ1) is 13.0. The van der Waals surface area contributed by atoms with Gasteiger partial charge in [-0.15, -0.1) is 0 Å². The number of pyridine rings is 1. The molecule has 6 heteroatoms. The van der Waals surface area contributed by atoms with Crippen LogP contribution in [0.2, 0.25) is 0 Å². The summed E-state index contributed by atoms with van der Waals surface area (Å²) in [5.74, 6) is 0.547. The van der Waals surface area contributed by atoms with Crippen molar-refractivity contribution in [3.05, 3.63) is 65.6 Å². The van der Waals surface area contributed by atoms with Crippen molar-refractivity contribution in [3.63, 3.8) is 0 Å². The second-order valence-corrected chi connectivity index (χ2v) is 6.60. The summed E-state index contributed by atoms with van der Waals surface area (Å²) in [6.07, 6.45) is 1.13. The largest absolute Gasteiger partial charge is 0.491 e. The van der Waals surface area contributed by atoms with Gasteiger partial charge in [0, 0.05) is 12.7 Å². The molecule has 0 bridgehead atoms. The highest BCUT2D eigenvalue weighted by atomic mass is 16.5. The molecule has 0 fully saturated rings. The summed E-state index contributed by atoms with van der Waals surface area (Å²) in [4.78, 5) is 19.2. The van der Waals surface area contributed by atoms with Crippen LogP contribution in [0.15, 0.2) is 48.7 Å². The first-order valence-electron chi connectivity index (χ1n) is 9.10. The first kappa shape index (κ1) is 18.9. The zero-order valence-electron chi connectivity index (χ0n) is 15.9. The molecule has 1 amide bonds. The molecular formula is C21H25N3O3. The van der Waals surface area contributed by atoms with Crippen LogP contribution in [0.4, 0.5) is 0 Å². The van der Waals surface area contributed by atoms with E-state index in [0.717, 1.165) is 11.2 Å². The van der Waals surface area contributed by atoms with Crippen molar-refractivity contribution in [2.45, 2.75) is 26.9 Å². The van der Waals surface area contributed by atoms with Gasteiger partial charge in [0.25, 0.3) is 5.91 Å². The number of imidazole rings is 1. The molecule has 0 saturated carbocycles. The molecular weight excluding hydrogens is 342 g/mol. The first-order valence-corrected chi connectivity index (χ1v) is 9.10. The van der Waals surface area contributed by atoms with E-state index < -0.39 is 6.10 Å². The Balaban J connectivity index is 1.72. The predicted octanol–water partition coefficient (Wildman–Crippen LogP) is 2.85. The van der Waals surface area contributed by atoms with Crippen LogP contribution in [0.5, 0.6) is 5.75 Å². The van der Waals surface area contributed by atoms with Gasteiger partial charge >= 0.3 is 0 Å². The van der Waals surface area contributed by atoms with Crippen LogP contribution < -0.4 is 4.74 Å². The molecule has 1 N–H and O–H groups in total. The zero-order chi connectivity index (χ0) is 19.4. The summed E-state index contributed by atoms with van der Waals surface area (Å²) in [5.41, 5.74) is 3.00. The molecule has 0 saturated heterocycles. The van der Waals surface area contributed by atoms with Gasteiger partial charge in [-0.25, -0.2) is 4.98 Å². The van der Waals surface area contributed by atoms with Crippen molar-refractivity contribution in [2.75, 3.05) is 19.7 Å². The molecule has 0 unspecified atom stereocenters. The Morgan fingerprint density at radius 2 is 1.96 bits per heavy atom. The molecule has 1 aromatic carbocycles. The molecule has 0 radical (unpaired) electrons. The lowest BCUT2D eigenvalue weighted by Gasteiger charge is -2.24. The predicted molar refractivity (Wildman–Crippen MR) is 104 cm³/mol. The highest BCUT2D eigenvalue weighted by molar-refractivity contribution is 5.94. The van der Waals surface area contributed by atoms with E-state index in [9.17, 15) is 9.90 Å². The minimum absolute atomic E-state index is 0.124. The number of hydrogen-bond acceptors (Lipinski definition) is 4. The van der Waals surface area contributed by atoms with Crippen LogP contribution in [0.3, 0.4) is 0 Å². The number of ether oxygens (including phenoxy) is 1. The van der Waals surface area contributed by atoms with Crippen molar-refractivity contribution in [1.82, 2.24) is 14.3 Å². The number of benzene rings is 1. The Morgan fingerprint density at radius 1 is 1.22 bits per heavy atom. The molecule has 2 heterocycles. The fourth-order valence-electron chi connectivity index (χ4n) is 3.05. The normalized spacial score (nSPS) is 12.1. The SMILES string of the molecule is CCN(C[C@@H](O)COc1ccccc1)C(=O)c1c(C)nc2ccc(C)cn12. The van der Waals surface area contributed by atoms with Gasteiger partial charge in [-0.05, 0) is 44.5 Å². The molecule has 0 aliphatic carbocycles. The van der Waals surface area contributed by atoms with Crippen LogP contribution in [-0.2, 0) is 0 Å². The molecule has 3 aromatic rings. The summed E-state index contributed by atoms with van der Waals surface area (Å²) >= 11 is 0. The number of fused-ring (bicyclic) bond motifs is 1. The molecule has 3 rings (SSSR count). The number of aromatic nitrogens is 2. The van der Waals surface area contributed by atoms with Crippen molar-refractivity contribution < 1.29 is 14.6 Å². The lowest BCUT2D eigenvalue weighted by Crippen LogP contribution is -2.40. The molecule has 142 valence electrons. The topological polar surface area (TPSA) is 67.1 Å². The van der Waals surface area contributed by atoms with Crippen molar-refractivity contribution in [2.24, 2.45) is 0 Å². The Kier molecular flexibility index (Phi) is 5.76. The number of likely N-dealkylation sites (N-methyl/N-ethyl adjacent to an activating group) is 1. The number of aliphatic hydroxyl groups excluding tert-OH is 1. The van der Waals surface area contributed by atoms with Gasteiger partial charge in [0.15, 0.2) is 0 Å². The molecule has 27 heavy (non-hydrogen) atoms. The highest BCUT2D eigenvalue weighted by Crippen LogP contribution is 2.16. The fourth-order valence-corrected chi connectivity index (χ4v) is 3.05. The number of aryl methyl sites for hydroxylation is 2. The van der Waals surface area contributed by atoms with E-state index >= 15 is 0 Å². The Hall–Kier alpha value is -2.86. The Labute approximate surface area is 159 Å². The molecule has 2 aromatic heterocycles. The van der Waals surface area contributed by atoms with E-state index in [1.165, 1.54) is 0 Å². The summed E-state index contributed by atoms with van der Waals surface area (Å²) in [6.45, 7) is 6.51. The maximum Gasteiger partial charge on any atom is 0.272 e. The number of carbonyl (C=O) groups is 1. The Bertz CT molecular complexity index is 921. The van der Waals surface area contributed by atoms with Gasteiger partial charge in [-0.2, -0.15) is 0 Å². The van der Waals surface area contributed by atoms with Crippen LogP contribution in [-0.4, -0.2) is 51.1 Å². The van der Waals surface area contributed by atoms with Crippen LogP contribution in [0.1, 0.15) is 28.7 Å². The smallest absolute Gasteiger partial charge is 0.272 e. The molecule has 6 nitrogen and oxygen atoms in total. The van der Waals surface area contributed by atoms with Gasteiger partial charge in [0.05, 0.1) is 12.2 Å². The second-order valence-electron chi connectivity index (χ2n) is 6.60. The van der Waals surface area contributed by atoms with Crippen molar-refractivity contribution >= 4 is 11.6 Å². The Morgan fingerprint density at radius 3 is 2.67 bits per heavy atom. The average molecular weight is 367 g/mol. The quantitative estimate of drug-likeness (QED) is 0.697. The van der Waals surface area contributed by atoms with E-state index in [2.05, 4.69) is 4.98 Å². The number of hydrogen-bond donors (Lipinski definition) is 1. The van der Waals surface area contributed by atoms with Gasteiger partial charge in [0.1, 0.15) is 29.8 Å². The van der Waals surface area contributed by atoms with Crippen molar-refractivity contribution in [3.8, 4) is 5.75 Å². The number of carbonyl (C=O) groups excluding carboxylic acids is 1. The van der Waals surface area contributed by atoms with E-state index in [0.29, 0.717) is 23.7 Å². The van der Waals surface area contributed by atoms with Crippen LogP contribution in [0, 0.1) is 13.8 Å². The number of amides is 1. The summed E-state index contributed by atoms with van der Waals surface area (Å²) < 4.78 is 7.41. The van der Waals surface area contributed by atoms with Crippen LogP contribution >= 0.6 is 0 Å². The minimum Gasteiger partial charge on any atom is -0.491 e.